The third-order valence-corrected chi connectivity index (χ3v) is 1.96. The standard InChI is InChI=1S/C11H9F6O2/c1-6(2)7-4-3-5-8(18-10(12,13)14)9(7)19-11(15,16)17/h3-5H,1-2H3. The van der Waals surface area contributed by atoms with Gasteiger partial charge in [0, 0.05) is 11.5 Å². The Morgan fingerprint density at radius 3 is 1.84 bits per heavy atom. The van der Waals surface area contributed by atoms with Crippen LogP contribution in [0.2, 0.25) is 0 Å². The molecule has 0 amide bonds. The first-order valence-corrected chi connectivity index (χ1v) is 4.94. The molecule has 0 aliphatic rings. The average molecular weight is 287 g/mol. The number of para-hydroxylation sites is 1. The number of ether oxygens (including phenoxy) is 2. The Kier molecular flexibility index (Phi) is 4.21. The quantitative estimate of drug-likeness (QED) is 0.765. The predicted molar refractivity (Wildman–Crippen MR) is 53.5 cm³/mol. The molecule has 1 radical (unpaired) electrons. The third kappa shape index (κ3) is 4.88. The fourth-order valence-corrected chi connectivity index (χ4v) is 1.34. The van der Waals surface area contributed by atoms with Crippen LogP contribution in [0.25, 0.3) is 0 Å². The predicted octanol–water partition coefficient (Wildman–Crippen LogP) is 4.45. The molecule has 0 saturated heterocycles. The lowest BCUT2D eigenvalue weighted by Gasteiger charge is -2.19. The van der Waals surface area contributed by atoms with E-state index in [2.05, 4.69) is 9.47 Å². The molecular weight excluding hydrogens is 278 g/mol. The van der Waals surface area contributed by atoms with E-state index >= 15 is 0 Å². The van der Waals surface area contributed by atoms with Gasteiger partial charge in [-0.25, -0.2) is 0 Å². The van der Waals surface area contributed by atoms with Crippen molar-refractivity contribution in [2.75, 3.05) is 0 Å². The zero-order valence-corrected chi connectivity index (χ0v) is 9.82. The summed E-state index contributed by atoms with van der Waals surface area (Å²) in [6, 6.07) is 3.10. The van der Waals surface area contributed by atoms with E-state index in [1.807, 2.05) is 0 Å². The second kappa shape index (κ2) is 5.18. The van der Waals surface area contributed by atoms with Crippen LogP contribution < -0.4 is 9.47 Å². The molecule has 0 aliphatic heterocycles. The minimum atomic E-state index is -5.12. The van der Waals surface area contributed by atoms with Gasteiger partial charge in [0.15, 0.2) is 11.5 Å². The molecule has 2 nitrogen and oxygen atoms in total. The average Bonchev–Trinajstić information content (AvgIpc) is 2.15. The largest absolute Gasteiger partial charge is 0.573 e. The first-order chi connectivity index (χ1) is 8.49. The first-order valence-electron chi connectivity index (χ1n) is 4.94. The molecule has 0 fully saturated rings. The molecule has 0 atom stereocenters. The molecule has 19 heavy (non-hydrogen) atoms. The summed E-state index contributed by atoms with van der Waals surface area (Å²) in [4.78, 5) is 0. The Labute approximate surface area is 104 Å². The smallest absolute Gasteiger partial charge is 0.402 e. The molecule has 1 aromatic rings. The summed E-state index contributed by atoms with van der Waals surface area (Å²) in [6.07, 6.45) is -10.2. The van der Waals surface area contributed by atoms with Crippen LogP contribution in [0.15, 0.2) is 18.2 Å². The molecule has 0 unspecified atom stereocenters. The molecule has 1 rings (SSSR count). The van der Waals surface area contributed by atoms with Crippen LogP contribution in [0.1, 0.15) is 19.4 Å². The zero-order chi connectivity index (χ0) is 14.8. The Morgan fingerprint density at radius 1 is 0.895 bits per heavy atom. The van der Waals surface area contributed by atoms with Gasteiger partial charge in [0.2, 0.25) is 0 Å². The van der Waals surface area contributed by atoms with Crippen molar-refractivity contribution in [3.8, 4) is 11.5 Å². The van der Waals surface area contributed by atoms with Crippen molar-refractivity contribution < 1.29 is 35.8 Å². The molecule has 1 aromatic carbocycles. The Balaban J connectivity index is 3.26. The van der Waals surface area contributed by atoms with Gasteiger partial charge in [-0.3, -0.25) is 0 Å². The van der Waals surface area contributed by atoms with Crippen molar-refractivity contribution in [1.82, 2.24) is 0 Å². The van der Waals surface area contributed by atoms with E-state index < -0.39 is 24.2 Å². The minimum absolute atomic E-state index is 0.112. The number of rotatable bonds is 3. The highest BCUT2D eigenvalue weighted by Crippen LogP contribution is 2.40. The van der Waals surface area contributed by atoms with Crippen molar-refractivity contribution in [3.05, 3.63) is 29.7 Å². The van der Waals surface area contributed by atoms with E-state index in [4.69, 9.17) is 0 Å². The summed E-state index contributed by atoms with van der Waals surface area (Å²) in [7, 11) is 0. The lowest BCUT2D eigenvalue weighted by Crippen LogP contribution is -2.22. The van der Waals surface area contributed by atoms with Crippen molar-refractivity contribution in [1.29, 1.82) is 0 Å². The maximum atomic E-state index is 12.2. The molecule has 0 spiro atoms. The van der Waals surface area contributed by atoms with Gasteiger partial charge in [0.1, 0.15) is 0 Å². The second-order valence-electron chi connectivity index (χ2n) is 3.73. The van der Waals surface area contributed by atoms with Crippen LogP contribution in [0, 0.1) is 5.92 Å². The number of benzene rings is 1. The lowest BCUT2D eigenvalue weighted by molar-refractivity contribution is -0.287. The third-order valence-electron chi connectivity index (χ3n) is 1.96. The monoisotopic (exact) mass is 287 g/mol. The van der Waals surface area contributed by atoms with Gasteiger partial charge in [-0.2, -0.15) is 0 Å². The summed E-state index contributed by atoms with van der Waals surface area (Å²) in [5.41, 5.74) is -0.112. The van der Waals surface area contributed by atoms with Crippen LogP contribution in [0.3, 0.4) is 0 Å². The summed E-state index contributed by atoms with van der Waals surface area (Å²) >= 11 is 0. The molecule has 0 saturated carbocycles. The Hall–Kier alpha value is -1.60. The van der Waals surface area contributed by atoms with Crippen molar-refractivity contribution in [2.45, 2.75) is 26.6 Å². The van der Waals surface area contributed by atoms with Gasteiger partial charge in [-0.15, -0.1) is 26.3 Å². The van der Waals surface area contributed by atoms with Crippen LogP contribution >= 0.6 is 0 Å². The second-order valence-corrected chi connectivity index (χ2v) is 3.73. The Morgan fingerprint density at radius 2 is 1.42 bits per heavy atom. The number of hydrogen-bond donors (Lipinski definition) is 0. The molecule has 0 aliphatic carbocycles. The van der Waals surface area contributed by atoms with Crippen LogP contribution in [0.4, 0.5) is 26.3 Å². The van der Waals surface area contributed by atoms with Crippen LogP contribution in [0.5, 0.6) is 11.5 Å². The molecule has 0 N–H and O–H groups in total. The van der Waals surface area contributed by atoms with Gasteiger partial charge >= 0.3 is 12.7 Å². The molecule has 0 aromatic heterocycles. The van der Waals surface area contributed by atoms with Crippen molar-refractivity contribution in [2.24, 2.45) is 0 Å². The van der Waals surface area contributed by atoms with E-state index in [0.29, 0.717) is 5.92 Å². The summed E-state index contributed by atoms with van der Waals surface area (Å²) in [6.45, 7) is 2.88. The topological polar surface area (TPSA) is 18.5 Å². The first kappa shape index (κ1) is 15.5. The minimum Gasteiger partial charge on any atom is -0.402 e. The summed E-state index contributed by atoms with van der Waals surface area (Å²) in [5, 5.41) is 0. The molecule has 0 bridgehead atoms. The van der Waals surface area contributed by atoms with Crippen LogP contribution in [-0.4, -0.2) is 12.7 Å². The van der Waals surface area contributed by atoms with Crippen LogP contribution in [-0.2, 0) is 0 Å². The number of alkyl halides is 6. The molecule has 0 heterocycles. The van der Waals surface area contributed by atoms with Gasteiger partial charge in [0.25, 0.3) is 0 Å². The summed E-state index contributed by atoms with van der Waals surface area (Å²) in [5.74, 6) is -1.69. The van der Waals surface area contributed by atoms with Crippen molar-refractivity contribution in [3.63, 3.8) is 0 Å². The highest BCUT2D eigenvalue weighted by atomic mass is 19.4. The fraction of sp³-hybridized carbons (Fsp3) is 0.364. The molecular formula is C11H9F6O2. The summed E-state index contributed by atoms with van der Waals surface area (Å²) < 4.78 is 80.2. The maximum absolute atomic E-state index is 12.2. The van der Waals surface area contributed by atoms with Crippen molar-refractivity contribution >= 4 is 0 Å². The van der Waals surface area contributed by atoms with E-state index in [9.17, 15) is 26.3 Å². The molecule has 107 valence electrons. The van der Waals surface area contributed by atoms with E-state index in [-0.39, 0.29) is 5.56 Å². The lowest BCUT2D eigenvalue weighted by atomic mass is 10.0. The van der Waals surface area contributed by atoms with Gasteiger partial charge in [0.05, 0.1) is 0 Å². The highest BCUT2D eigenvalue weighted by molar-refractivity contribution is 5.52. The van der Waals surface area contributed by atoms with Gasteiger partial charge < -0.3 is 9.47 Å². The fourth-order valence-electron chi connectivity index (χ4n) is 1.34. The zero-order valence-electron chi connectivity index (χ0n) is 9.82. The highest BCUT2D eigenvalue weighted by Gasteiger charge is 2.37. The SMILES string of the molecule is C[C](C)c1cccc(OC(F)(F)F)c1OC(F)(F)F. The van der Waals surface area contributed by atoms with E-state index in [1.165, 1.54) is 19.9 Å². The Bertz CT molecular complexity index is 436. The maximum Gasteiger partial charge on any atom is 0.573 e. The normalized spacial score (nSPS) is 12.7. The van der Waals surface area contributed by atoms with E-state index in [1.54, 1.807) is 0 Å². The van der Waals surface area contributed by atoms with Gasteiger partial charge in [-0.05, 0) is 6.07 Å². The number of hydrogen-bond acceptors (Lipinski definition) is 2. The van der Waals surface area contributed by atoms with Gasteiger partial charge in [-0.1, -0.05) is 26.0 Å². The number of halogens is 6. The van der Waals surface area contributed by atoms with E-state index in [0.717, 1.165) is 12.1 Å². The molecule has 8 heteroatoms.